The number of aryl methyl sites for hydroxylation is 2. The minimum Gasteiger partial charge on any atom is -0.336 e. The first-order valence-electron chi connectivity index (χ1n) is 6.84. The van der Waals surface area contributed by atoms with Crippen LogP contribution >= 0.6 is 34.0 Å². The summed E-state index contributed by atoms with van der Waals surface area (Å²) in [5, 5.41) is 7.07. The first kappa shape index (κ1) is 15.4. The fourth-order valence-corrected chi connectivity index (χ4v) is 4.86. The second-order valence-electron chi connectivity index (χ2n) is 5.13. The van der Waals surface area contributed by atoms with Crippen LogP contribution in [0.2, 0.25) is 0 Å². The summed E-state index contributed by atoms with van der Waals surface area (Å²) in [6, 6.07) is 4.13. The second-order valence-corrected chi connectivity index (χ2v) is 7.91. The summed E-state index contributed by atoms with van der Waals surface area (Å²) in [5.41, 5.74) is 3.14. The van der Waals surface area contributed by atoms with Crippen molar-refractivity contribution in [3.8, 4) is 10.6 Å². The van der Waals surface area contributed by atoms with Gasteiger partial charge in [0.05, 0.1) is 12.2 Å². The van der Waals surface area contributed by atoms with E-state index >= 15 is 0 Å². The third-order valence-electron chi connectivity index (χ3n) is 3.45. The quantitative estimate of drug-likeness (QED) is 0.677. The van der Waals surface area contributed by atoms with E-state index in [-0.39, 0.29) is 5.91 Å². The van der Waals surface area contributed by atoms with Crippen molar-refractivity contribution >= 4 is 39.9 Å². The highest BCUT2D eigenvalue weighted by Crippen LogP contribution is 2.30. The zero-order chi connectivity index (χ0) is 15.7. The number of carbonyl (C=O) groups is 1. The van der Waals surface area contributed by atoms with Crippen LogP contribution < -0.4 is 0 Å². The summed E-state index contributed by atoms with van der Waals surface area (Å²) in [4.78, 5) is 21.0. The summed E-state index contributed by atoms with van der Waals surface area (Å²) in [6.45, 7) is 4.63. The molecule has 114 valence electrons. The molecule has 0 aliphatic rings. The lowest BCUT2D eigenvalue weighted by molar-refractivity contribution is 0.0790. The van der Waals surface area contributed by atoms with E-state index in [1.165, 1.54) is 21.8 Å². The Morgan fingerprint density at radius 2 is 2.09 bits per heavy atom. The number of hydrogen-bond donors (Lipinski definition) is 0. The van der Waals surface area contributed by atoms with E-state index in [2.05, 4.69) is 28.7 Å². The van der Waals surface area contributed by atoms with Gasteiger partial charge in [-0.25, -0.2) is 4.98 Å². The third kappa shape index (κ3) is 2.99. The molecule has 0 saturated heterocycles. The van der Waals surface area contributed by atoms with Crippen molar-refractivity contribution in [1.29, 1.82) is 0 Å². The average Bonchev–Trinajstić information content (AvgIpc) is 3.20. The Morgan fingerprint density at radius 3 is 2.73 bits per heavy atom. The minimum absolute atomic E-state index is 0.0456. The summed E-state index contributed by atoms with van der Waals surface area (Å²) in [5.74, 6) is 0.0456. The molecule has 0 saturated carbocycles. The molecule has 22 heavy (non-hydrogen) atoms. The molecular weight excluding hydrogens is 332 g/mol. The summed E-state index contributed by atoms with van der Waals surface area (Å²) < 4.78 is 0. The first-order valence-corrected chi connectivity index (χ1v) is 9.48. The Bertz CT molecular complexity index is 786. The van der Waals surface area contributed by atoms with Gasteiger partial charge in [0.1, 0.15) is 9.88 Å². The van der Waals surface area contributed by atoms with Crippen LogP contribution in [-0.2, 0) is 6.54 Å². The molecule has 0 aromatic carbocycles. The fraction of sp³-hybridized carbons (Fsp3) is 0.250. The van der Waals surface area contributed by atoms with Crippen LogP contribution in [0.5, 0.6) is 0 Å². The molecule has 3 heterocycles. The maximum Gasteiger partial charge on any atom is 0.265 e. The van der Waals surface area contributed by atoms with Gasteiger partial charge < -0.3 is 4.90 Å². The maximum atomic E-state index is 12.7. The Morgan fingerprint density at radius 1 is 1.27 bits per heavy atom. The summed E-state index contributed by atoms with van der Waals surface area (Å²) >= 11 is 4.81. The van der Waals surface area contributed by atoms with E-state index in [1.807, 2.05) is 25.4 Å². The zero-order valence-electron chi connectivity index (χ0n) is 12.6. The molecule has 3 nitrogen and oxygen atoms in total. The van der Waals surface area contributed by atoms with Crippen LogP contribution in [0, 0.1) is 13.8 Å². The van der Waals surface area contributed by atoms with E-state index in [4.69, 9.17) is 0 Å². The minimum atomic E-state index is 0.0456. The van der Waals surface area contributed by atoms with Crippen LogP contribution in [0.1, 0.15) is 25.8 Å². The third-order valence-corrected chi connectivity index (χ3v) is 6.34. The lowest BCUT2D eigenvalue weighted by Gasteiger charge is -2.16. The largest absolute Gasteiger partial charge is 0.336 e. The smallest absolute Gasteiger partial charge is 0.265 e. The Labute approximate surface area is 141 Å². The van der Waals surface area contributed by atoms with Crippen molar-refractivity contribution in [3.63, 3.8) is 0 Å². The molecule has 0 radical (unpaired) electrons. The summed E-state index contributed by atoms with van der Waals surface area (Å²) in [7, 11) is 1.85. The van der Waals surface area contributed by atoms with Crippen LogP contribution in [0.25, 0.3) is 10.6 Å². The van der Waals surface area contributed by atoms with Gasteiger partial charge in [-0.2, -0.15) is 11.3 Å². The van der Waals surface area contributed by atoms with Gasteiger partial charge in [-0.05, 0) is 42.3 Å². The van der Waals surface area contributed by atoms with Crippen molar-refractivity contribution in [2.75, 3.05) is 7.05 Å². The maximum absolute atomic E-state index is 12.7. The van der Waals surface area contributed by atoms with Gasteiger partial charge >= 0.3 is 0 Å². The SMILES string of the molecule is Cc1ccsc1CN(C)C(=O)c1sc(-c2ccsc2)nc1C. The highest BCUT2D eigenvalue weighted by Gasteiger charge is 2.20. The van der Waals surface area contributed by atoms with Gasteiger partial charge in [-0.3, -0.25) is 4.79 Å². The Balaban J connectivity index is 1.81. The molecule has 6 heteroatoms. The normalized spacial score (nSPS) is 10.9. The summed E-state index contributed by atoms with van der Waals surface area (Å²) in [6.07, 6.45) is 0. The van der Waals surface area contributed by atoms with Crippen molar-refractivity contribution in [3.05, 3.63) is 49.3 Å². The number of nitrogens with zero attached hydrogens (tertiary/aromatic N) is 2. The molecule has 1 amide bonds. The number of thiophene rings is 2. The molecule has 3 rings (SSSR count). The monoisotopic (exact) mass is 348 g/mol. The number of carbonyl (C=O) groups excluding carboxylic acids is 1. The van der Waals surface area contributed by atoms with Gasteiger partial charge in [0, 0.05) is 22.9 Å². The highest BCUT2D eigenvalue weighted by atomic mass is 32.1. The van der Waals surface area contributed by atoms with Crippen molar-refractivity contribution in [2.45, 2.75) is 20.4 Å². The van der Waals surface area contributed by atoms with Crippen LogP contribution in [0.15, 0.2) is 28.3 Å². The van der Waals surface area contributed by atoms with E-state index in [0.29, 0.717) is 6.54 Å². The first-order chi connectivity index (χ1) is 10.6. The standard InChI is InChI=1S/C16H16N2OS3/c1-10-4-7-21-13(10)8-18(3)16(19)14-11(2)17-15(22-14)12-5-6-20-9-12/h4-7,9H,8H2,1-3H3. The molecule has 0 spiro atoms. The molecule has 0 N–H and O–H groups in total. The molecule has 0 fully saturated rings. The molecule has 0 bridgehead atoms. The topological polar surface area (TPSA) is 33.2 Å². The van der Waals surface area contributed by atoms with E-state index in [0.717, 1.165) is 21.1 Å². The highest BCUT2D eigenvalue weighted by molar-refractivity contribution is 7.17. The van der Waals surface area contributed by atoms with Gasteiger partial charge in [0.25, 0.3) is 5.91 Å². The number of rotatable bonds is 4. The predicted octanol–water partition coefficient (Wildman–Crippen LogP) is 4.82. The van der Waals surface area contributed by atoms with E-state index in [1.54, 1.807) is 27.6 Å². The van der Waals surface area contributed by atoms with Crippen LogP contribution in [-0.4, -0.2) is 22.8 Å². The van der Waals surface area contributed by atoms with Crippen LogP contribution in [0.3, 0.4) is 0 Å². The number of thiazole rings is 1. The molecule has 0 aliphatic carbocycles. The lowest BCUT2D eigenvalue weighted by Crippen LogP contribution is -2.25. The zero-order valence-corrected chi connectivity index (χ0v) is 15.1. The number of aromatic nitrogens is 1. The fourth-order valence-electron chi connectivity index (χ4n) is 2.13. The number of amides is 1. The molecular formula is C16H16N2OS3. The van der Waals surface area contributed by atoms with Crippen molar-refractivity contribution < 1.29 is 4.79 Å². The molecule has 3 aromatic rings. The second kappa shape index (κ2) is 6.32. The Kier molecular flexibility index (Phi) is 4.42. The lowest BCUT2D eigenvalue weighted by atomic mass is 10.2. The van der Waals surface area contributed by atoms with Gasteiger partial charge in [0.15, 0.2) is 0 Å². The molecule has 3 aromatic heterocycles. The Hall–Kier alpha value is -1.50. The van der Waals surface area contributed by atoms with Crippen LogP contribution in [0.4, 0.5) is 0 Å². The number of hydrogen-bond acceptors (Lipinski definition) is 5. The van der Waals surface area contributed by atoms with E-state index in [9.17, 15) is 4.79 Å². The van der Waals surface area contributed by atoms with Gasteiger partial charge in [-0.15, -0.1) is 22.7 Å². The molecule has 0 unspecified atom stereocenters. The molecule has 0 atom stereocenters. The average molecular weight is 349 g/mol. The van der Waals surface area contributed by atoms with E-state index < -0.39 is 0 Å². The predicted molar refractivity (Wildman–Crippen MR) is 95.0 cm³/mol. The van der Waals surface area contributed by atoms with Gasteiger partial charge in [-0.1, -0.05) is 0 Å². The molecule has 0 aliphatic heterocycles. The van der Waals surface area contributed by atoms with Crippen molar-refractivity contribution in [2.24, 2.45) is 0 Å². The van der Waals surface area contributed by atoms with Crippen molar-refractivity contribution in [1.82, 2.24) is 9.88 Å². The van der Waals surface area contributed by atoms with Gasteiger partial charge in [0.2, 0.25) is 0 Å².